The second-order valence-electron chi connectivity index (χ2n) is 4.29. The summed E-state index contributed by atoms with van der Waals surface area (Å²) in [6.45, 7) is 1.89. The number of thioether (sulfide) groups is 1. The van der Waals surface area contributed by atoms with Crippen LogP contribution in [0.1, 0.15) is 12.1 Å². The molecule has 0 spiro atoms. The summed E-state index contributed by atoms with van der Waals surface area (Å²) in [4.78, 5) is 17.0. The van der Waals surface area contributed by atoms with Crippen molar-refractivity contribution in [3.8, 4) is 0 Å². The number of carbonyl (C=O) groups excluding carboxylic acids is 1. The van der Waals surface area contributed by atoms with E-state index in [0.29, 0.717) is 6.42 Å². The molecular weight excluding hydrogens is 292 g/mol. The summed E-state index contributed by atoms with van der Waals surface area (Å²) < 4.78 is 0. The van der Waals surface area contributed by atoms with Crippen molar-refractivity contribution >= 4 is 35.0 Å². The van der Waals surface area contributed by atoms with Gasteiger partial charge in [0.2, 0.25) is 5.91 Å². The highest BCUT2D eigenvalue weighted by Gasteiger charge is 2.03. The van der Waals surface area contributed by atoms with E-state index in [2.05, 4.69) is 10.3 Å². The Morgan fingerprint density at radius 1 is 1.30 bits per heavy atom. The van der Waals surface area contributed by atoms with Gasteiger partial charge in [-0.15, -0.1) is 11.8 Å². The van der Waals surface area contributed by atoms with Crippen molar-refractivity contribution in [1.29, 1.82) is 0 Å². The third kappa shape index (κ3) is 4.87. The fourth-order valence-corrected chi connectivity index (χ4v) is 2.62. The average molecular weight is 307 g/mol. The summed E-state index contributed by atoms with van der Waals surface area (Å²) in [5, 5.41) is 3.59. The van der Waals surface area contributed by atoms with Crippen LogP contribution in [-0.2, 0) is 4.79 Å². The number of pyridine rings is 1. The van der Waals surface area contributed by atoms with Gasteiger partial charge in [0.05, 0.1) is 0 Å². The largest absolute Gasteiger partial charge is 0.326 e. The van der Waals surface area contributed by atoms with Gasteiger partial charge in [-0.05, 0) is 43.3 Å². The van der Waals surface area contributed by atoms with Crippen molar-refractivity contribution in [3.05, 3.63) is 53.3 Å². The van der Waals surface area contributed by atoms with Gasteiger partial charge >= 0.3 is 0 Å². The molecule has 3 nitrogen and oxygen atoms in total. The Morgan fingerprint density at radius 3 is 2.75 bits per heavy atom. The van der Waals surface area contributed by atoms with Crippen LogP contribution in [0.5, 0.6) is 0 Å². The number of rotatable bonds is 5. The molecule has 1 aromatic carbocycles. The third-order valence-electron chi connectivity index (χ3n) is 2.59. The van der Waals surface area contributed by atoms with Crippen LogP contribution < -0.4 is 5.32 Å². The lowest BCUT2D eigenvalue weighted by Gasteiger charge is -2.05. The number of aromatic nitrogens is 1. The lowest BCUT2D eigenvalue weighted by atomic mass is 10.3. The molecule has 1 aromatic heterocycles. The highest BCUT2D eigenvalue weighted by Crippen LogP contribution is 2.21. The normalized spacial score (nSPS) is 10.3. The Balaban J connectivity index is 1.76. The fourth-order valence-electron chi connectivity index (χ4n) is 1.64. The second-order valence-corrected chi connectivity index (χ2v) is 5.89. The molecule has 0 unspecified atom stereocenters. The van der Waals surface area contributed by atoms with E-state index in [9.17, 15) is 4.79 Å². The Bertz CT molecular complexity index is 587. The molecular formula is C15H15ClN2OS. The van der Waals surface area contributed by atoms with Crippen LogP contribution in [0.2, 0.25) is 5.02 Å². The summed E-state index contributed by atoms with van der Waals surface area (Å²) in [5.41, 5.74) is 1.68. The van der Waals surface area contributed by atoms with E-state index in [1.807, 2.05) is 37.3 Å². The van der Waals surface area contributed by atoms with Crippen LogP contribution in [0.3, 0.4) is 0 Å². The maximum atomic E-state index is 11.8. The Kier molecular flexibility index (Phi) is 5.44. The molecule has 20 heavy (non-hydrogen) atoms. The molecule has 0 radical (unpaired) electrons. The summed E-state index contributed by atoms with van der Waals surface area (Å²) in [6.07, 6.45) is 2.15. The predicted molar refractivity (Wildman–Crippen MR) is 84.4 cm³/mol. The zero-order valence-corrected chi connectivity index (χ0v) is 12.7. The molecule has 0 aliphatic heterocycles. The highest BCUT2D eigenvalue weighted by atomic mass is 35.5. The van der Waals surface area contributed by atoms with E-state index in [1.165, 1.54) is 0 Å². The summed E-state index contributed by atoms with van der Waals surface area (Å²) >= 11 is 7.46. The van der Waals surface area contributed by atoms with Crippen LogP contribution in [0.4, 0.5) is 5.69 Å². The van der Waals surface area contributed by atoms with E-state index in [-0.39, 0.29) is 5.91 Å². The van der Waals surface area contributed by atoms with Gasteiger partial charge in [-0.25, -0.2) is 0 Å². The number of benzene rings is 1. The molecule has 104 valence electrons. The van der Waals surface area contributed by atoms with Gasteiger partial charge in [0.1, 0.15) is 0 Å². The Morgan fingerprint density at radius 2 is 2.05 bits per heavy atom. The Hall–Kier alpha value is -1.52. The van der Waals surface area contributed by atoms with Gasteiger partial charge in [0.25, 0.3) is 0 Å². The maximum absolute atomic E-state index is 11.8. The number of hydrogen-bond acceptors (Lipinski definition) is 3. The lowest BCUT2D eigenvalue weighted by molar-refractivity contribution is -0.115. The fraction of sp³-hybridized carbons (Fsp3) is 0.200. The molecule has 2 rings (SSSR count). The summed E-state index contributed by atoms with van der Waals surface area (Å²) in [6, 6.07) is 11.3. The van der Waals surface area contributed by atoms with Crippen LogP contribution in [0, 0.1) is 6.92 Å². The molecule has 0 saturated carbocycles. The number of nitrogens with one attached hydrogen (secondary N) is 1. The topological polar surface area (TPSA) is 42.0 Å². The van der Waals surface area contributed by atoms with Crippen molar-refractivity contribution in [2.75, 3.05) is 11.1 Å². The molecule has 1 N–H and O–H groups in total. The molecule has 0 fully saturated rings. The molecule has 2 aromatic rings. The number of hydrogen-bond donors (Lipinski definition) is 1. The predicted octanol–water partition coefficient (Wildman–Crippen LogP) is 4.16. The first-order chi connectivity index (χ1) is 9.63. The standard InChI is InChI=1S/C15H15ClN2OS/c1-11-10-13(6-8-17-11)18-15(19)7-9-20-14-4-2-12(16)3-5-14/h2-6,8,10H,7,9H2,1H3,(H,17,18,19). The van der Waals surface area contributed by atoms with Gasteiger partial charge in [0.15, 0.2) is 0 Å². The van der Waals surface area contributed by atoms with Crippen molar-refractivity contribution in [1.82, 2.24) is 4.98 Å². The van der Waals surface area contributed by atoms with Gasteiger partial charge < -0.3 is 5.32 Å². The van der Waals surface area contributed by atoms with Crippen molar-refractivity contribution in [2.24, 2.45) is 0 Å². The second kappa shape index (κ2) is 7.31. The number of carbonyl (C=O) groups is 1. The third-order valence-corrected chi connectivity index (χ3v) is 3.86. The molecule has 0 aliphatic carbocycles. The van der Waals surface area contributed by atoms with Crippen molar-refractivity contribution in [3.63, 3.8) is 0 Å². The van der Waals surface area contributed by atoms with Crippen molar-refractivity contribution in [2.45, 2.75) is 18.2 Å². The minimum atomic E-state index is 0.0112. The van der Waals surface area contributed by atoms with E-state index in [4.69, 9.17) is 11.6 Å². The smallest absolute Gasteiger partial charge is 0.225 e. The van der Waals surface area contributed by atoms with Crippen LogP contribution in [0.25, 0.3) is 0 Å². The van der Waals surface area contributed by atoms with E-state index in [1.54, 1.807) is 24.0 Å². The quantitative estimate of drug-likeness (QED) is 0.843. The monoisotopic (exact) mass is 306 g/mol. The first-order valence-electron chi connectivity index (χ1n) is 6.24. The van der Waals surface area contributed by atoms with Crippen LogP contribution in [-0.4, -0.2) is 16.6 Å². The summed E-state index contributed by atoms with van der Waals surface area (Å²) in [7, 11) is 0. The number of nitrogens with zero attached hydrogens (tertiary/aromatic N) is 1. The lowest BCUT2D eigenvalue weighted by Crippen LogP contribution is -2.12. The number of aryl methyl sites for hydroxylation is 1. The molecule has 0 saturated heterocycles. The molecule has 0 bridgehead atoms. The van der Waals surface area contributed by atoms with E-state index < -0.39 is 0 Å². The van der Waals surface area contributed by atoms with Gasteiger partial charge in [0, 0.05) is 39.7 Å². The van der Waals surface area contributed by atoms with Gasteiger partial charge in [-0.1, -0.05) is 11.6 Å². The van der Waals surface area contributed by atoms with Crippen LogP contribution >= 0.6 is 23.4 Å². The van der Waals surface area contributed by atoms with E-state index in [0.717, 1.165) is 27.1 Å². The molecule has 5 heteroatoms. The van der Waals surface area contributed by atoms with Crippen LogP contribution in [0.15, 0.2) is 47.5 Å². The maximum Gasteiger partial charge on any atom is 0.225 e. The number of anilines is 1. The molecule has 0 atom stereocenters. The zero-order valence-electron chi connectivity index (χ0n) is 11.1. The summed E-state index contributed by atoms with van der Waals surface area (Å²) in [5.74, 6) is 0.745. The molecule has 1 amide bonds. The minimum absolute atomic E-state index is 0.0112. The van der Waals surface area contributed by atoms with Gasteiger partial charge in [-0.3, -0.25) is 9.78 Å². The van der Waals surface area contributed by atoms with Gasteiger partial charge in [-0.2, -0.15) is 0 Å². The number of amides is 1. The van der Waals surface area contributed by atoms with Crippen molar-refractivity contribution < 1.29 is 4.79 Å². The van der Waals surface area contributed by atoms with E-state index >= 15 is 0 Å². The number of halogens is 1. The first-order valence-corrected chi connectivity index (χ1v) is 7.61. The highest BCUT2D eigenvalue weighted by molar-refractivity contribution is 7.99. The minimum Gasteiger partial charge on any atom is -0.326 e. The molecule has 1 heterocycles. The SMILES string of the molecule is Cc1cc(NC(=O)CCSc2ccc(Cl)cc2)ccn1. The first kappa shape index (κ1) is 14.9. The Labute approximate surface area is 127 Å². The molecule has 0 aliphatic rings. The average Bonchev–Trinajstić information content (AvgIpc) is 2.41. The zero-order chi connectivity index (χ0) is 14.4.